The maximum Gasteiger partial charge on any atom is 0.239 e. The lowest BCUT2D eigenvalue weighted by Gasteiger charge is -2.41. The summed E-state index contributed by atoms with van der Waals surface area (Å²) >= 11 is 0. The van der Waals surface area contributed by atoms with Crippen molar-refractivity contribution in [1.29, 1.82) is 0 Å². The minimum Gasteiger partial charge on any atom is -0.458 e. The van der Waals surface area contributed by atoms with Gasteiger partial charge >= 0.3 is 0 Å². The van der Waals surface area contributed by atoms with Crippen LogP contribution in [0.2, 0.25) is 0 Å². The second kappa shape index (κ2) is 4.22. The topological polar surface area (TPSA) is 18.5 Å². The molecule has 1 aliphatic heterocycles. The number of rotatable bonds is 3. The van der Waals surface area contributed by atoms with Gasteiger partial charge in [0.05, 0.1) is 6.61 Å². The van der Waals surface area contributed by atoms with E-state index in [0.29, 0.717) is 0 Å². The fourth-order valence-electron chi connectivity index (χ4n) is 2.03. The van der Waals surface area contributed by atoms with E-state index < -0.39 is 5.79 Å². The summed E-state index contributed by atoms with van der Waals surface area (Å²) in [6, 6.07) is 19.9. The Bertz CT molecular complexity index is 475. The number of hydrogen-bond donors (Lipinski definition) is 0. The first-order valence-corrected chi connectivity index (χ1v) is 5.83. The summed E-state index contributed by atoms with van der Waals surface area (Å²) in [6.07, 6.45) is 0.895. The first-order chi connectivity index (χ1) is 8.39. The van der Waals surface area contributed by atoms with E-state index in [1.807, 2.05) is 60.7 Å². The van der Waals surface area contributed by atoms with Crippen molar-refractivity contribution in [2.45, 2.75) is 12.2 Å². The molecule has 86 valence electrons. The van der Waals surface area contributed by atoms with Crippen LogP contribution in [0.4, 0.5) is 0 Å². The molecule has 0 spiro atoms. The molecule has 0 radical (unpaired) electrons. The molecule has 1 unspecified atom stereocenters. The molecule has 0 bridgehead atoms. The molecule has 2 aromatic rings. The second-order valence-electron chi connectivity index (χ2n) is 4.13. The lowest BCUT2D eigenvalue weighted by Crippen LogP contribution is -2.46. The van der Waals surface area contributed by atoms with Gasteiger partial charge in [0.1, 0.15) is 5.75 Å². The van der Waals surface area contributed by atoms with E-state index in [0.717, 1.165) is 24.3 Å². The van der Waals surface area contributed by atoms with Crippen molar-refractivity contribution in [3.05, 3.63) is 66.2 Å². The Hall–Kier alpha value is -1.80. The normalized spacial score (nSPS) is 22.8. The van der Waals surface area contributed by atoms with Crippen LogP contribution >= 0.6 is 0 Å². The summed E-state index contributed by atoms with van der Waals surface area (Å²) in [5.74, 6) is 0.263. The van der Waals surface area contributed by atoms with E-state index in [4.69, 9.17) is 9.47 Å². The molecule has 2 nitrogen and oxygen atoms in total. The molecule has 0 amide bonds. The van der Waals surface area contributed by atoms with Crippen molar-refractivity contribution < 1.29 is 9.47 Å². The van der Waals surface area contributed by atoms with E-state index >= 15 is 0 Å². The highest BCUT2D eigenvalue weighted by atomic mass is 16.7. The van der Waals surface area contributed by atoms with Gasteiger partial charge in [-0.2, -0.15) is 0 Å². The van der Waals surface area contributed by atoms with Crippen LogP contribution in [0, 0.1) is 0 Å². The Labute approximate surface area is 101 Å². The number of ether oxygens (including phenoxy) is 2. The summed E-state index contributed by atoms with van der Waals surface area (Å²) in [6.45, 7) is 0.752. The fourth-order valence-corrected chi connectivity index (χ4v) is 2.03. The van der Waals surface area contributed by atoms with E-state index in [1.165, 1.54) is 0 Å². The van der Waals surface area contributed by atoms with Crippen LogP contribution in [0.1, 0.15) is 12.0 Å². The maximum atomic E-state index is 6.00. The monoisotopic (exact) mass is 226 g/mol. The maximum absolute atomic E-state index is 6.00. The zero-order chi connectivity index (χ0) is 11.6. The highest BCUT2D eigenvalue weighted by molar-refractivity contribution is 5.27. The largest absolute Gasteiger partial charge is 0.458 e. The standard InChI is InChI=1S/C15H14O2/c1-3-7-13(8-4-1)15(11-12-16-15)17-14-9-5-2-6-10-14/h1-10H,11-12H2. The Morgan fingerprint density at radius 3 is 2.00 bits per heavy atom. The average Bonchev–Trinajstić information content (AvgIpc) is 2.36. The molecular formula is C15H14O2. The molecule has 1 aliphatic rings. The van der Waals surface area contributed by atoms with Crippen molar-refractivity contribution in [2.24, 2.45) is 0 Å². The molecule has 0 saturated carbocycles. The molecule has 1 atom stereocenters. The van der Waals surface area contributed by atoms with E-state index in [9.17, 15) is 0 Å². The number of benzene rings is 2. The van der Waals surface area contributed by atoms with Crippen molar-refractivity contribution in [3.8, 4) is 5.75 Å². The highest BCUT2D eigenvalue weighted by Gasteiger charge is 2.42. The molecule has 17 heavy (non-hydrogen) atoms. The van der Waals surface area contributed by atoms with Crippen molar-refractivity contribution in [2.75, 3.05) is 6.61 Å². The number of hydrogen-bond acceptors (Lipinski definition) is 2. The zero-order valence-corrected chi connectivity index (χ0v) is 9.50. The molecule has 2 aromatic carbocycles. The zero-order valence-electron chi connectivity index (χ0n) is 9.50. The molecule has 2 heteroatoms. The lowest BCUT2D eigenvalue weighted by atomic mass is 9.98. The predicted molar refractivity (Wildman–Crippen MR) is 65.8 cm³/mol. The highest BCUT2D eigenvalue weighted by Crippen LogP contribution is 2.39. The molecule has 1 heterocycles. The van der Waals surface area contributed by atoms with Crippen molar-refractivity contribution in [3.63, 3.8) is 0 Å². The van der Waals surface area contributed by atoms with Crippen LogP contribution < -0.4 is 4.74 Å². The van der Waals surface area contributed by atoms with Gasteiger partial charge in [-0.05, 0) is 12.1 Å². The first-order valence-electron chi connectivity index (χ1n) is 5.83. The molecule has 1 fully saturated rings. The Morgan fingerprint density at radius 1 is 0.882 bits per heavy atom. The molecule has 0 aromatic heterocycles. The molecule has 0 aliphatic carbocycles. The van der Waals surface area contributed by atoms with Crippen molar-refractivity contribution in [1.82, 2.24) is 0 Å². The summed E-state index contributed by atoms with van der Waals surface area (Å²) in [5.41, 5.74) is 1.08. The van der Waals surface area contributed by atoms with Crippen LogP contribution in [0.25, 0.3) is 0 Å². The summed E-state index contributed by atoms with van der Waals surface area (Å²) < 4.78 is 11.7. The molecule has 0 N–H and O–H groups in total. The van der Waals surface area contributed by atoms with Gasteiger partial charge in [0.15, 0.2) is 0 Å². The van der Waals surface area contributed by atoms with Gasteiger partial charge in [-0.1, -0.05) is 48.5 Å². The molecule has 3 rings (SSSR count). The first kappa shape index (κ1) is 10.4. The summed E-state index contributed by atoms with van der Waals surface area (Å²) in [4.78, 5) is 0. The third-order valence-corrected chi connectivity index (χ3v) is 3.01. The SMILES string of the molecule is c1ccc(OC2(c3ccccc3)CCO2)cc1. The van der Waals surface area contributed by atoms with Gasteiger partial charge in [-0.15, -0.1) is 0 Å². The quantitative estimate of drug-likeness (QED) is 0.799. The predicted octanol–water partition coefficient (Wildman–Crippen LogP) is 3.34. The van der Waals surface area contributed by atoms with Crippen LogP contribution in [-0.4, -0.2) is 6.61 Å². The number of para-hydroxylation sites is 1. The van der Waals surface area contributed by atoms with E-state index in [1.54, 1.807) is 0 Å². The summed E-state index contributed by atoms with van der Waals surface area (Å²) in [7, 11) is 0. The Kier molecular flexibility index (Phi) is 2.57. The van der Waals surface area contributed by atoms with Gasteiger partial charge in [0, 0.05) is 12.0 Å². The van der Waals surface area contributed by atoms with Gasteiger partial charge in [0.25, 0.3) is 0 Å². The lowest BCUT2D eigenvalue weighted by molar-refractivity contribution is -0.274. The van der Waals surface area contributed by atoms with Crippen LogP contribution in [0.5, 0.6) is 5.75 Å². The molecule has 1 saturated heterocycles. The third-order valence-electron chi connectivity index (χ3n) is 3.01. The van der Waals surface area contributed by atoms with Crippen molar-refractivity contribution >= 4 is 0 Å². The molecular weight excluding hydrogens is 212 g/mol. The third kappa shape index (κ3) is 1.92. The van der Waals surface area contributed by atoms with E-state index in [-0.39, 0.29) is 0 Å². The van der Waals surface area contributed by atoms with Gasteiger partial charge in [-0.25, -0.2) is 0 Å². The Morgan fingerprint density at radius 2 is 1.47 bits per heavy atom. The fraction of sp³-hybridized carbons (Fsp3) is 0.200. The summed E-state index contributed by atoms with van der Waals surface area (Å²) in [5, 5.41) is 0. The van der Waals surface area contributed by atoms with Gasteiger partial charge < -0.3 is 9.47 Å². The minimum absolute atomic E-state index is 0.581. The van der Waals surface area contributed by atoms with Crippen LogP contribution in [0.15, 0.2) is 60.7 Å². The van der Waals surface area contributed by atoms with E-state index in [2.05, 4.69) is 0 Å². The van der Waals surface area contributed by atoms with Gasteiger partial charge in [0.2, 0.25) is 5.79 Å². The van der Waals surface area contributed by atoms with Gasteiger partial charge in [-0.3, -0.25) is 0 Å². The minimum atomic E-state index is -0.581. The second-order valence-corrected chi connectivity index (χ2v) is 4.13. The smallest absolute Gasteiger partial charge is 0.239 e. The Balaban J connectivity index is 1.89. The van der Waals surface area contributed by atoms with Crippen LogP contribution in [0.3, 0.4) is 0 Å². The van der Waals surface area contributed by atoms with Crippen LogP contribution in [-0.2, 0) is 10.5 Å². The average molecular weight is 226 g/mol.